The molecule has 3 nitrogen and oxygen atoms in total. The predicted octanol–water partition coefficient (Wildman–Crippen LogP) is 4.77. The molecule has 142 valence electrons. The van der Waals surface area contributed by atoms with Gasteiger partial charge in [-0.25, -0.2) is 0 Å². The topological polar surface area (TPSA) is 30.7 Å². The van der Waals surface area contributed by atoms with Gasteiger partial charge >= 0.3 is 17.1 Å². The van der Waals surface area contributed by atoms with Gasteiger partial charge in [0.1, 0.15) is 0 Å². The maximum atomic E-state index is 4.80. The molecule has 29 heavy (non-hydrogen) atoms. The van der Waals surface area contributed by atoms with Gasteiger partial charge in [-0.3, -0.25) is 9.67 Å². The molecule has 5 rings (SSSR count). The molecule has 0 N–H and O–H groups in total. The van der Waals surface area contributed by atoms with Gasteiger partial charge in [0, 0.05) is 12.1 Å². The van der Waals surface area contributed by atoms with E-state index in [0.29, 0.717) is 6.54 Å². The van der Waals surface area contributed by atoms with E-state index in [1.165, 1.54) is 0 Å². The van der Waals surface area contributed by atoms with E-state index in [0.717, 1.165) is 28.6 Å². The fourth-order valence-corrected chi connectivity index (χ4v) is 3.03. The van der Waals surface area contributed by atoms with Gasteiger partial charge in [-0.2, -0.15) is 5.10 Å². The molecule has 2 aliphatic carbocycles. The van der Waals surface area contributed by atoms with Crippen molar-refractivity contribution in [2.45, 2.75) is 6.54 Å². The summed E-state index contributed by atoms with van der Waals surface area (Å²) in [5, 5.41) is 4.80. The zero-order chi connectivity index (χ0) is 19.0. The van der Waals surface area contributed by atoms with E-state index in [-0.39, 0.29) is 17.1 Å². The Morgan fingerprint density at radius 2 is 1.38 bits per heavy atom. The van der Waals surface area contributed by atoms with Crippen molar-refractivity contribution in [3.63, 3.8) is 0 Å². The van der Waals surface area contributed by atoms with Crippen LogP contribution in [0.2, 0.25) is 0 Å². The molecule has 0 spiro atoms. The third-order valence-corrected chi connectivity index (χ3v) is 4.40. The van der Waals surface area contributed by atoms with Crippen LogP contribution in [0.3, 0.4) is 0 Å². The van der Waals surface area contributed by atoms with Crippen LogP contribution < -0.4 is 0 Å². The first-order valence-electron chi connectivity index (χ1n) is 9.32. The molecule has 3 aromatic rings. The number of benzene rings is 1. The average molecular weight is 419 g/mol. The van der Waals surface area contributed by atoms with Gasteiger partial charge in [-0.15, -0.1) is 0 Å². The van der Waals surface area contributed by atoms with Crippen molar-refractivity contribution in [2.24, 2.45) is 0 Å². The molecule has 2 aliphatic rings. The van der Waals surface area contributed by atoms with Crippen molar-refractivity contribution >= 4 is 0 Å². The van der Waals surface area contributed by atoms with E-state index in [1.54, 1.807) is 0 Å². The zero-order valence-corrected chi connectivity index (χ0v) is 17.0. The molecule has 10 radical (unpaired) electrons. The summed E-state index contributed by atoms with van der Waals surface area (Å²) < 4.78 is 2.03. The van der Waals surface area contributed by atoms with Crippen molar-refractivity contribution in [3.8, 4) is 11.3 Å². The number of aromatic nitrogens is 3. The summed E-state index contributed by atoms with van der Waals surface area (Å²) >= 11 is 0. The largest absolute Gasteiger partial charge is 2.00 e. The summed E-state index contributed by atoms with van der Waals surface area (Å²) in [6.45, 7) is 0.659. The van der Waals surface area contributed by atoms with Crippen LogP contribution in [0.25, 0.3) is 11.3 Å². The van der Waals surface area contributed by atoms with Gasteiger partial charge in [0.2, 0.25) is 0 Å². The molecule has 0 bridgehead atoms. The van der Waals surface area contributed by atoms with Gasteiger partial charge < -0.3 is 0 Å². The second-order valence-corrected chi connectivity index (χ2v) is 6.40. The molecule has 4 heteroatoms. The maximum absolute atomic E-state index is 4.80. The van der Waals surface area contributed by atoms with Crippen molar-refractivity contribution in [3.05, 3.63) is 136 Å². The van der Waals surface area contributed by atoms with Crippen molar-refractivity contribution < 1.29 is 17.1 Å². The third kappa shape index (κ3) is 6.04. The van der Waals surface area contributed by atoms with Gasteiger partial charge in [0.05, 0.1) is 23.6 Å². The molecule has 1 aromatic carbocycles. The Kier molecular flexibility index (Phi) is 8.51. The first kappa shape index (κ1) is 21.8. The molecule has 0 atom stereocenters. The van der Waals surface area contributed by atoms with Crippen LogP contribution in [0, 0.1) is 63.7 Å². The first-order chi connectivity index (χ1) is 13.9. The monoisotopic (exact) mass is 419 g/mol. The maximum Gasteiger partial charge on any atom is 2.00 e. The minimum Gasteiger partial charge on any atom is -0.259 e. The van der Waals surface area contributed by atoms with Crippen LogP contribution in [0.1, 0.15) is 11.4 Å². The Hall–Kier alpha value is -1.90. The smallest absolute Gasteiger partial charge is 0.259 e. The molecule has 0 aliphatic heterocycles. The van der Waals surface area contributed by atoms with E-state index < -0.39 is 0 Å². The molecular weight excluding hydrogens is 398 g/mol. The standard InChI is InChI=1S/C20H16N3.C5H5.Fe/c1-2-10-17(11-3-1)20-14-19(16-8-4-5-9-16)22-23(20)15-18-12-6-7-13-21-18;1-2-4-5-3-1;/h1-14H,15H2;1-5H;/q;;+2. The summed E-state index contributed by atoms with van der Waals surface area (Å²) in [6.07, 6.45) is 20.1. The van der Waals surface area contributed by atoms with E-state index in [9.17, 15) is 0 Å². The minimum absolute atomic E-state index is 0. The fourth-order valence-electron chi connectivity index (χ4n) is 3.03. The number of pyridine rings is 1. The molecule has 2 saturated carbocycles. The second kappa shape index (κ2) is 11.3. The van der Waals surface area contributed by atoms with Gasteiger partial charge in [0.15, 0.2) is 0 Å². The van der Waals surface area contributed by atoms with Gasteiger partial charge in [-0.05, 0) is 81.5 Å². The molecule has 2 heterocycles. The number of nitrogens with zero attached hydrogens (tertiary/aromatic N) is 3. The van der Waals surface area contributed by atoms with E-state index in [1.807, 2.05) is 80.1 Å². The summed E-state index contributed by atoms with van der Waals surface area (Å²) in [6, 6.07) is 18.5. The summed E-state index contributed by atoms with van der Waals surface area (Å²) in [7, 11) is 0. The van der Waals surface area contributed by atoms with Crippen LogP contribution >= 0.6 is 0 Å². The Labute approximate surface area is 185 Å². The fraction of sp³-hybridized carbons (Fsp3) is 0.0400. The molecule has 0 saturated heterocycles. The normalized spacial score (nSPS) is 16.1. The SMILES string of the molecule is [CH]1[CH][CH][CH][CH]1.[CH]1[CH][CH][C](c2cc(-c3ccccc3)n(Cc3ccccn3)n2)[CH]1.[Fe+2]. The molecule has 0 amide bonds. The molecule has 2 fully saturated rings. The van der Waals surface area contributed by atoms with Crippen molar-refractivity contribution in [2.75, 3.05) is 0 Å². The van der Waals surface area contributed by atoms with Crippen molar-refractivity contribution in [1.82, 2.24) is 14.8 Å². The first-order valence-corrected chi connectivity index (χ1v) is 9.32. The number of hydrogen-bond donors (Lipinski definition) is 0. The van der Waals surface area contributed by atoms with Crippen LogP contribution in [0.4, 0.5) is 0 Å². The second-order valence-electron chi connectivity index (χ2n) is 6.40. The molecular formula is C25H21FeN3+2. The van der Waals surface area contributed by atoms with Crippen LogP contribution in [-0.2, 0) is 23.6 Å². The summed E-state index contributed by atoms with van der Waals surface area (Å²) in [5.74, 6) is 1.14. The summed E-state index contributed by atoms with van der Waals surface area (Å²) in [4.78, 5) is 4.42. The average Bonchev–Trinajstić information content (AvgIpc) is 3.52. The van der Waals surface area contributed by atoms with Gasteiger partial charge in [-0.1, -0.05) is 36.4 Å². The Balaban J connectivity index is 0.000000352. The van der Waals surface area contributed by atoms with Crippen molar-refractivity contribution in [1.29, 1.82) is 0 Å². The Morgan fingerprint density at radius 3 is 2.00 bits per heavy atom. The van der Waals surface area contributed by atoms with Crippen LogP contribution in [0.5, 0.6) is 0 Å². The van der Waals surface area contributed by atoms with Crippen LogP contribution in [-0.4, -0.2) is 14.8 Å². The summed E-state index contributed by atoms with van der Waals surface area (Å²) in [5.41, 5.74) is 4.26. The van der Waals surface area contributed by atoms with Gasteiger partial charge in [0.25, 0.3) is 0 Å². The minimum atomic E-state index is 0. The van der Waals surface area contributed by atoms with E-state index in [4.69, 9.17) is 5.10 Å². The zero-order valence-electron chi connectivity index (χ0n) is 15.9. The number of rotatable bonds is 4. The van der Waals surface area contributed by atoms with E-state index >= 15 is 0 Å². The quantitative estimate of drug-likeness (QED) is 0.571. The van der Waals surface area contributed by atoms with Crippen LogP contribution in [0.15, 0.2) is 60.8 Å². The Morgan fingerprint density at radius 1 is 0.724 bits per heavy atom. The molecule has 0 unspecified atom stereocenters. The molecule has 2 aromatic heterocycles. The Bertz CT molecular complexity index is 827. The predicted molar refractivity (Wildman–Crippen MR) is 112 cm³/mol. The number of hydrogen-bond acceptors (Lipinski definition) is 2. The van der Waals surface area contributed by atoms with E-state index in [2.05, 4.69) is 48.2 Å². The third-order valence-electron chi connectivity index (χ3n) is 4.40.